The van der Waals surface area contributed by atoms with Crippen LogP contribution in [0.2, 0.25) is 0 Å². The second-order valence-corrected chi connectivity index (χ2v) is 6.61. The highest BCUT2D eigenvalue weighted by atomic mass is 19.1. The molecule has 3 rings (SSSR count). The fraction of sp³-hybridized carbons (Fsp3) is 0.300. The fourth-order valence-corrected chi connectivity index (χ4v) is 3.10. The lowest BCUT2D eigenvalue weighted by atomic mass is 10.1. The summed E-state index contributed by atoms with van der Waals surface area (Å²) in [6.45, 7) is 4.11. The molecular weight excluding hydrogens is 349 g/mol. The van der Waals surface area contributed by atoms with Gasteiger partial charge in [0.2, 0.25) is 5.91 Å². The van der Waals surface area contributed by atoms with E-state index in [1.54, 1.807) is 18.2 Å². The van der Waals surface area contributed by atoms with Crippen LogP contribution in [-0.4, -0.2) is 59.5 Å². The molecule has 2 aromatic carbocycles. The number of rotatable bonds is 6. The molecule has 6 nitrogen and oxygen atoms in total. The van der Waals surface area contributed by atoms with E-state index in [0.717, 1.165) is 31.7 Å². The van der Waals surface area contributed by atoms with Crippen LogP contribution in [0.5, 0.6) is 0 Å². The average molecular weight is 371 g/mol. The van der Waals surface area contributed by atoms with Crippen LogP contribution < -0.4 is 5.32 Å². The van der Waals surface area contributed by atoms with Crippen molar-refractivity contribution in [2.45, 2.75) is 6.54 Å². The van der Waals surface area contributed by atoms with Crippen molar-refractivity contribution in [3.63, 3.8) is 0 Å². The number of carbonyl (C=O) groups excluding carboxylic acids is 1. The lowest BCUT2D eigenvalue weighted by molar-refractivity contribution is -0.117. The van der Waals surface area contributed by atoms with E-state index in [1.165, 1.54) is 24.3 Å². The zero-order chi connectivity index (χ0) is 19.2. The molecule has 1 saturated heterocycles. The minimum absolute atomic E-state index is 0.121. The zero-order valence-corrected chi connectivity index (χ0v) is 14.9. The Bertz CT molecular complexity index is 802. The monoisotopic (exact) mass is 371 g/mol. The van der Waals surface area contributed by atoms with Gasteiger partial charge in [0.05, 0.1) is 12.1 Å². The molecule has 0 aliphatic carbocycles. The number of hydrogen-bond acceptors (Lipinski definition) is 4. The van der Waals surface area contributed by atoms with Crippen molar-refractivity contribution in [2.75, 3.05) is 38.0 Å². The number of carbonyl (C=O) groups is 2. The Morgan fingerprint density at radius 2 is 1.67 bits per heavy atom. The van der Waals surface area contributed by atoms with E-state index in [9.17, 15) is 14.0 Å². The Hall–Kier alpha value is -2.77. The normalized spacial score (nSPS) is 15.4. The molecule has 1 fully saturated rings. The standard InChI is InChI=1S/C20H22FN3O3/c21-17-4-6-18(7-5-17)22-19(25)14-24-10-8-23(9-11-24)13-15-2-1-3-16(12-15)20(26)27/h1-7,12H,8-11,13-14H2,(H,22,25)(H,26,27). The predicted molar refractivity (Wildman–Crippen MR) is 100 cm³/mol. The molecule has 0 atom stereocenters. The van der Waals surface area contributed by atoms with Crippen LogP contribution in [0.15, 0.2) is 48.5 Å². The molecule has 0 radical (unpaired) electrons. The number of aromatic carboxylic acids is 1. The Balaban J connectivity index is 1.44. The van der Waals surface area contributed by atoms with Crippen molar-refractivity contribution in [2.24, 2.45) is 0 Å². The van der Waals surface area contributed by atoms with Crippen molar-refractivity contribution >= 4 is 17.6 Å². The van der Waals surface area contributed by atoms with Gasteiger partial charge >= 0.3 is 5.97 Å². The molecule has 0 saturated carbocycles. The molecule has 1 aliphatic rings. The van der Waals surface area contributed by atoms with Gasteiger partial charge in [-0.15, -0.1) is 0 Å². The number of carboxylic acid groups (broad SMARTS) is 1. The van der Waals surface area contributed by atoms with E-state index >= 15 is 0 Å². The number of halogens is 1. The molecule has 7 heteroatoms. The summed E-state index contributed by atoms with van der Waals surface area (Å²) in [5, 5.41) is 11.8. The van der Waals surface area contributed by atoms with Gasteiger partial charge < -0.3 is 10.4 Å². The van der Waals surface area contributed by atoms with Gasteiger partial charge in [-0.05, 0) is 42.0 Å². The molecule has 1 amide bonds. The smallest absolute Gasteiger partial charge is 0.335 e. The number of amides is 1. The third-order valence-corrected chi connectivity index (χ3v) is 4.54. The number of anilines is 1. The number of hydrogen-bond donors (Lipinski definition) is 2. The highest BCUT2D eigenvalue weighted by molar-refractivity contribution is 5.92. The van der Waals surface area contributed by atoms with Crippen LogP contribution >= 0.6 is 0 Å². The number of piperazine rings is 1. The Morgan fingerprint density at radius 3 is 2.33 bits per heavy atom. The summed E-state index contributed by atoms with van der Waals surface area (Å²) in [6, 6.07) is 12.7. The number of carboxylic acids is 1. The summed E-state index contributed by atoms with van der Waals surface area (Å²) in [5.74, 6) is -1.38. The number of nitrogens with one attached hydrogen (secondary N) is 1. The van der Waals surface area contributed by atoms with Gasteiger partial charge in [-0.3, -0.25) is 14.6 Å². The lowest BCUT2D eigenvalue weighted by Crippen LogP contribution is -2.48. The van der Waals surface area contributed by atoms with Gasteiger partial charge in [-0.2, -0.15) is 0 Å². The molecule has 1 aliphatic heterocycles. The van der Waals surface area contributed by atoms with Crippen LogP contribution in [0.25, 0.3) is 0 Å². The highest BCUT2D eigenvalue weighted by Crippen LogP contribution is 2.12. The average Bonchev–Trinajstić information content (AvgIpc) is 2.65. The van der Waals surface area contributed by atoms with Crippen molar-refractivity contribution in [1.82, 2.24) is 9.80 Å². The highest BCUT2D eigenvalue weighted by Gasteiger charge is 2.19. The minimum atomic E-state index is -0.922. The van der Waals surface area contributed by atoms with Gasteiger partial charge in [0.15, 0.2) is 0 Å². The summed E-state index contributed by atoms with van der Waals surface area (Å²) < 4.78 is 12.9. The van der Waals surface area contributed by atoms with E-state index in [4.69, 9.17) is 5.11 Å². The molecule has 142 valence electrons. The molecule has 1 heterocycles. The molecular formula is C20H22FN3O3. The maximum Gasteiger partial charge on any atom is 0.335 e. The van der Waals surface area contributed by atoms with Gasteiger partial charge in [0.1, 0.15) is 5.82 Å². The van der Waals surface area contributed by atoms with E-state index in [1.807, 2.05) is 6.07 Å². The summed E-state index contributed by atoms with van der Waals surface area (Å²) in [7, 11) is 0. The molecule has 2 aromatic rings. The lowest BCUT2D eigenvalue weighted by Gasteiger charge is -2.34. The summed E-state index contributed by atoms with van der Waals surface area (Å²) in [5.41, 5.74) is 1.85. The summed E-state index contributed by atoms with van der Waals surface area (Å²) >= 11 is 0. The van der Waals surface area contributed by atoms with Gasteiger partial charge in [-0.25, -0.2) is 9.18 Å². The van der Waals surface area contributed by atoms with Gasteiger partial charge in [0.25, 0.3) is 0 Å². The SMILES string of the molecule is O=C(CN1CCN(Cc2cccc(C(=O)O)c2)CC1)Nc1ccc(F)cc1. The van der Waals surface area contributed by atoms with Gasteiger partial charge in [-0.1, -0.05) is 12.1 Å². The van der Waals surface area contributed by atoms with E-state index in [2.05, 4.69) is 15.1 Å². The van der Waals surface area contributed by atoms with Crippen molar-refractivity contribution in [3.05, 3.63) is 65.5 Å². The molecule has 0 unspecified atom stereocenters. The first-order valence-corrected chi connectivity index (χ1v) is 8.82. The first-order valence-electron chi connectivity index (χ1n) is 8.82. The Kier molecular flexibility index (Phi) is 6.16. The van der Waals surface area contributed by atoms with Crippen LogP contribution in [0.4, 0.5) is 10.1 Å². The van der Waals surface area contributed by atoms with E-state index in [-0.39, 0.29) is 11.7 Å². The van der Waals surface area contributed by atoms with Crippen LogP contribution in [-0.2, 0) is 11.3 Å². The van der Waals surface area contributed by atoms with Crippen LogP contribution in [0, 0.1) is 5.82 Å². The van der Waals surface area contributed by atoms with E-state index in [0.29, 0.717) is 24.3 Å². The topological polar surface area (TPSA) is 72.9 Å². The van der Waals surface area contributed by atoms with Crippen molar-refractivity contribution in [1.29, 1.82) is 0 Å². The summed E-state index contributed by atoms with van der Waals surface area (Å²) in [4.78, 5) is 27.5. The Labute approximate surface area is 157 Å². The van der Waals surface area contributed by atoms with Crippen molar-refractivity contribution in [3.8, 4) is 0 Å². The Morgan fingerprint density at radius 1 is 1.00 bits per heavy atom. The maximum atomic E-state index is 12.9. The van der Waals surface area contributed by atoms with Gasteiger partial charge in [0, 0.05) is 38.4 Å². The molecule has 0 bridgehead atoms. The zero-order valence-electron chi connectivity index (χ0n) is 14.9. The summed E-state index contributed by atoms with van der Waals surface area (Å²) in [6.07, 6.45) is 0. The molecule has 0 aromatic heterocycles. The first kappa shape index (κ1) is 19.0. The first-order chi connectivity index (χ1) is 13.0. The quantitative estimate of drug-likeness (QED) is 0.815. The predicted octanol–water partition coefficient (Wildman–Crippen LogP) is 2.28. The second kappa shape index (κ2) is 8.75. The molecule has 0 spiro atoms. The number of nitrogens with zero attached hydrogens (tertiary/aromatic N) is 2. The fourth-order valence-electron chi connectivity index (χ4n) is 3.10. The third kappa shape index (κ3) is 5.60. The molecule has 2 N–H and O–H groups in total. The third-order valence-electron chi connectivity index (χ3n) is 4.54. The second-order valence-electron chi connectivity index (χ2n) is 6.61. The van der Waals surface area contributed by atoms with Crippen LogP contribution in [0.1, 0.15) is 15.9 Å². The van der Waals surface area contributed by atoms with Crippen LogP contribution in [0.3, 0.4) is 0 Å². The van der Waals surface area contributed by atoms with Crippen molar-refractivity contribution < 1.29 is 19.1 Å². The number of benzene rings is 2. The maximum absolute atomic E-state index is 12.9. The molecule has 27 heavy (non-hydrogen) atoms. The largest absolute Gasteiger partial charge is 0.478 e. The van der Waals surface area contributed by atoms with E-state index < -0.39 is 5.97 Å². The minimum Gasteiger partial charge on any atom is -0.478 e.